The molecule has 0 saturated carbocycles. The van der Waals surface area contributed by atoms with Gasteiger partial charge in [0.25, 0.3) is 0 Å². The molecule has 0 fully saturated rings. The molecule has 1 atom stereocenters. The molecule has 1 aliphatic heterocycles. The number of hydrogen-bond acceptors (Lipinski definition) is 2. The Bertz CT molecular complexity index is 787. The molecule has 0 spiro atoms. The van der Waals surface area contributed by atoms with Gasteiger partial charge >= 0.3 is 0 Å². The van der Waals surface area contributed by atoms with Crippen molar-refractivity contribution in [3.8, 4) is 0 Å². The highest BCUT2D eigenvalue weighted by atomic mass is 19.2. The molecule has 2 heterocycles. The second-order valence-electron chi connectivity index (χ2n) is 5.26. The van der Waals surface area contributed by atoms with E-state index in [0.717, 1.165) is 42.2 Å². The zero-order chi connectivity index (χ0) is 14.4. The van der Waals surface area contributed by atoms with Crippen LogP contribution in [0.25, 0.3) is 11.0 Å². The van der Waals surface area contributed by atoms with Gasteiger partial charge in [0.1, 0.15) is 5.82 Å². The fourth-order valence-corrected chi connectivity index (χ4v) is 2.94. The van der Waals surface area contributed by atoms with E-state index in [0.29, 0.717) is 11.0 Å². The van der Waals surface area contributed by atoms with Crippen molar-refractivity contribution in [1.82, 2.24) is 9.97 Å². The molecule has 1 aliphatic rings. The zero-order valence-electron chi connectivity index (χ0n) is 11.2. The van der Waals surface area contributed by atoms with Gasteiger partial charge in [-0.3, -0.25) is 0 Å². The number of nitrogens with zero attached hydrogens (tertiary/aromatic N) is 1. The Morgan fingerprint density at radius 1 is 1.10 bits per heavy atom. The van der Waals surface area contributed by atoms with E-state index in [4.69, 9.17) is 0 Å². The monoisotopic (exact) mass is 285 g/mol. The Morgan fingerprint density at radius 2 is 1.90 bits per heavy atom. The van der Waals surface area contributed by atoms with Crippen molar-refractivity contribution in [3.05, 3.63) is 59.4 Å². The maximum Gasteiger partial charge on any atom is 0.161 e. The third kappa shape index (κ3) is 1.96. The number of aromatic nitrogens is 2. The van der Waals surface area contributed by atoms with E-state index in [1.807, 2.05) is 18.2 Å². The van der Waals surface area contributed by atoms with Gasteiger partial charge in [0, 0.05) is 30.3 Å². The summed E-state index contributed by atoms with van der Waals surface area (Å²) >= 11 is 0. The van der Waals surface area contributed by atoms with Crippen LogP contribution in [0.3, 0.4) is 0 Å². The summed E-state index contributed by atoms with van der Waals surface area (Å²) in [5.74, 6) is -0.861. The number of halogens is 2. The van der Waals surface area contributed by atoms with E-state index in [1.54, 1.807) is 0 Å². The van der Waals surface area contributed by atoms with E-state index >= 15 is 0 Å². The number of hydrogen-bond donors (Lipinski definition) is 2. The fourth-order valence-electron chi connectivity index (χ4n) is 2.94. The number of H-pyrrole nitrogens is 1. The predicted octanol–water partition coefficient (Wildman–Crippen LogP) is 3.79. The summed E-state index contributed by atoms with van der Waals surface area (Å²) in [6, 6.07) is 10.4. The molecule has 21 heavy (non-hydrogen) atoms. The van der Waals surface area contributed by atoms with Crippen molar-refractivity contribution >= 4 is 16.7 Å². The second-order valence-corrected chi connectivity index (χ2v) is 5.26. The quantitative estimate of drug-likeness (QED) is 0.714. The molecule has 106 valence electrons. The zero-order valence-corrected chi connectivity index (χ0v) is 11.2. The van der Waals surface area contributed by atoms with E-state index in [1.165, 1.54) is 0 Å². The molecule has 0 aliphatic carbocycles. The van der Waals surface area contributed by atoms with Crippen LogP contribution in [0.1, 0.15) is 23.7 Å². The van der Waals surface area contributed by atoms with Crippen molar-refractivity contribution in [2.24, 2.45) is 0 Å². The fraction of sp³-hybridized carbons (Fsp3) is 0.188. The van der Waals surface area contributed by atoms with Crippen molar-refractivity contribution in [2.45, 2.75) is 12.3 Å². The SMILES string of the molecule is Fc1cc2nc(C3CCNc4ccccc43)[nH]c2cc1F. The lowest BCUT2D eigenvalue weighted by molar-refractivity contribution is 0.510. The lowest BCUT2D eigenvalue weighted by Gasteiger charge is -2.25. The van der Waals surface area contributed by atoms with Crippen LogP contribution >= 0.6 is 0 Å². The number of rotatable bonds is 1. The first kappa shape index (κ1) is 12.3. The molecule has 0 radical (unpaired) electrons. The van der Waals surface area contributed by atoms with Crippen LogP contribution in [-0.2, 0) is 0 Å². The topological polar surface area (TPSA) is 40.7 Å². The van der Waals surface area contributed by atoms with Crippen molar-refractivity contribution < 1.29 is 8.78 Å². The summed E-state index contributed by atoms with van der Waals surface area (Å²) < 4.78 is 26.6. The van der Waals surface area contributed by atoms with Crippen LogP contribution in [0.5, 0.6) is 0 Å². The average Bonchev–Trinajstić information content (AvgIpc) is 2.90. The number of aromatic amines is 1. The Labute approximate surface area is 120 Å². The molecule has 0 saturated heterocycles. The van der Waals surface area contributed by atoms with Crippen molar-refractivity contribution in [1.29, 1.82) is 0 Å². The van der Waals surface area contributed by atoms with Gasteiger partial charge in [0.2, 0.25) is 0 Å². The molecular formula is C16H13F2N3. The first-order valence-electron chi connectivity index (χ1n) is 6.90. The number of benzene rings is 2. The Hall–Kier alpha value is -2.43. The first-order chi connectivity index (χ1) is 10.2. The van der Waals surface area contributed by atoms with Gasteiger partial charge in [0.05, 0.1) is 11.0 Å². The normalized spacial score (nSPS) is 17.5. The third-order valence-corrected chi connectivity index (χ3v) is 3.96. The highest BCUT2D eigenvalue weighted by Gasteiger charge is 2.24. The van der Waals surface area contributed by atoms with E-state index < -0.39 is 11.6 Å². The summed E-state index contributed by atoms with van der Waals surface area (Å²) in [5, 5.41) is 3.35. The molecule has 2 N–H and O–H groups in total. The Kier molecular flexibility index (Phi) is 2.67. The smallest absolute Gasteiger partial charge is 0.161 e. The number of imidazole rings is 1. The van der Waals surface area contributed by atoms with Crippen LogP contribution < -0.4 is 5.32 Å². The van der Waals surface area contributed by atoms with Crippen LogP contribution in [0.15, 0.2) is 36.4 Å². The van der Waals surface area contributed by atoms with E-state index in [9.17, 15) is 8.78 Å². The summed E-state index contributed by atoms with van der Waals surface area (Å²) in [4.78, 5) is 7.58. The minimum absolute atomic E-state index is 0.112. The number of fused-ring (bicyclic) bond motifs is 2. The molecule has 1 unspecified atom stereocenters. The molecular weight excluding hydrogens is 272 g/mol. The number of anilines is 1. The Balaban J connectivity index is 1.84. The van der Waals surface area contributed by atoms with Crippen molar-refractivity contribution in [3.63, 3.8) is 0 Å². The predicted molar refractivity (Wildman–Crippen MR) is 77.4 cm³/mol. The Morgan fingerprint density at radius 3 is 2.81 bits per heavy atom. The van der Waals surface area contributed by atoms with Gasteiger partial charge in [-0.05, 0) is 18.1 Å². The lowest BCUT2D eigenvalue weighted by Crippen LogP contribution is -2.18. The molecule has 3 aromatic rings. The average molecular weight is 285 g/mol. The van der Waals surface area contributed by atoms with Gasteiger partial charge in [-0.25, -0.2) is 13.8 Å². The summed E-state index contributed by atoms with van der Waals surface area (Å²) in [7, 11) is 0. The summed E-state index contributed by atoms with van der Waals surface area (Å²) in [6.45, 7) is 0.849. The largest absolute Gasteiger partial charge is 0.385 e. The summed E-state index contributed by atoms with van der Waals surface area (Å²) in [5.41, 5.74) is 3.23. The standard InChI is InChI=1S/C16H13F2N3/c17-11-7-14-15(8-12(11)18)21-16(20-14)10-5-6-19-13-4-2-1-3-9(10)13/h1-4,7-8,10,19H,5-6H2,(H,20,21). The summed E-state index contributed by atoms with van der Waals surface area (Å²) in [6.07, 6.45) is 0.891. The van der Waals surface area contributed by atoms with Crippen LogP contribution in [-0.4, -0.2) is 16.5 Å². The second kappa shape index (κ2) is 4.55. The highest BCUT2D eigenvalue weighted by Crippen LogP contribution is 2.35. The van der Waals surface area contributed by atoms with E-state index in [2.05, 4.69) is 21.4 Å². The van der Waals surface area contributed by atoms with Gasteiger partial charge in [-0.15, -0.1) is 0 Å². The van der Waals surface area contributed by atoms with Crippen LogP contribution in [0, 0.1) is 11.6 Å². The highest BCUT2D eigenvalue weighted by molar-refractivity contribution is 5.75. The maximum absolute atomic E-state index is 13.3. The van der Waals surface area contributed by atoms with E-state index in [-0.39, 0.29) is 5.92 Å². The maximum atomic E-state index is 13.3. The number of para-hydroxylation sites is 1. The van der Waals surface area contributed by atoms with Crippen molar-refractivity contribution in [2.75, 3.05) is 11.9 Å². The first-order valence-corrected chi connectivity index (χ1v) is 6.90. The van der Waals surface area contributed by atoms with Gasteiger partial charge in [-0.2, -0.15) is 0 Å². The van der Waals surface area contributed by atoms with Gasteiger partial charge in [0.15, 0.2) is 11.6 Å². The van der Waals surface area contributed by atoms with Crippen LogP contribution in [0.4, 0.5) is 14.5 Å². The van der Waals surface area contributed by atoms with Gasteiger partial charge in [-0.1, -0.05) is 18.2 Å². The molecule has 1 aromatic heterocycles. The molecule has 5 heteroatoms. The van der Waals surface area contributed by atoms with Crippen LogP contribution in [0.2, 0.25) is 0 Å². The molecule has 0 amide bonds. The molecule has 2 aromatic carbocycles. The molecule has 0 bridgehead atoms. The number of nitrogens with one attached hydrogen (secondary N) is 2. The lowest BCUT2D eigenvalue weighted by atomic mass is 9.90. The minimum Gasteiger partial charge on any atom is -0.385 e. The minimum atomic E-state index is -0.869. The molecule has 4 rings (SSSR count). The van der Waals surface area contributed by atoms with Gasteiger partial charge < -0.3 is 10.3 Å². The third-order valence-electron chi connectivity index (χ3n) is 3.96. The molecule has 3 nitrogen and oxygen atoms in total.